The molecule has 24 heavy (non-hydrogen) atoms. The minimum Gasteiger partial charge on any atom is -0.493 e. The van der Waals surface area contributed by atoms with E-state index >= 15 is 0 Å². The van der Waals surface area contributed by atoms with Crippen molar-refractivity contribution in [1.29, 1.82) is 0 Å². The molecule has 0 N–H and O–H groups in total. The Hall–Kier alpha value is -2.75. The third-order valence-corrected chi connectivity index (χ3v) is 3.41. The molecule has 0 atom stereocenters. The van der Waals surface area contributed by atoms with E-state index in [0.29, 0.717) is 36.0 Å². The van der Waals surface area contributed by atoms with Crippen LogP contribution in [-0.2, 0) is 0 Å². The quantitative estimate of drug-likeness (QED) is 0.533. The lowest BCUT2D eigenvalue weighted by Gasteiger charge is -2.13. The normalized spacial score (nSPS) is 10.6. The minimum atomic E-state index is -0.0206. The Balaban J connectivity index is 1.94. The summed E-state index contributed by atoms with van der Waals surface area (Å²) in [6, 6.07) is 12.9. The van der Waals surface area contributed by atoms with E-state index in [-0.39, 0.29) is 5.78 Å². The van der Waals surface area contributed by atoms with Gasteiger partial charge in [0, 0.05) is 0 Å². The Morgan fingerprint density at radius 1 is 1.00 bits per heavy atom. The number of ketones is 1. The van der Waals surface area contributed by atoms with E-state index in [4.69, 9.17) is 14.2 Å². The van der Waals surface area contributed by atoms with Crippen LogP contribution in [0.25, 0.3) is 6.08 Å². The zero-order chi connectivity index (χ0) is 17.4. The van der Waals surface area contributed by atoms with Gasteiger partial charge in [-0.3, -0.25) is 4.79 Å². The van der Waals surface area contributed by atoms with Crippen molar-refractivity contribution in [3.05, 3.63) is 59.7 Å². The van der Waals surface area contributed by atoms with Crippen molar-refractivity contribution >= 4 is 11.9 Å². The number of allylic oxidation sites excluding steroid dienone is 1. The van der Waals surface area contributed by atoms with E-state index in [2.05, 4.69) is 0 Å². The molecule has 2 aromatic carbocycles. The van der Waals surface area contributed by atoms with Crippen LogP contribution < -0.4 is 14.2 Å². The maximum Gasteiger partial charge on any atom is 0.163 e. The first-order chi connectivity index (χ1) is 11.7. The number of carbonyl (C=O) groups is 1. The summed E-state index contributed by atoms with van der Waals surface area (Å²) < 4.78 is 16.7. The molecule has 0 aliphatic carbocycles. The predicted octanol–water partition coefficient (Wildman–Crippen LogP) is 4.39. The monoisotopic (exact) mass is 326 g/mol. The second-order valence-electron chi connectivity index (χ2n) is 5.16. The smallest absolute Gasteiger partial charge is 0.163 e. The number of hydrogen-bond donors (Lipinski definition) is 0. The van der Waals surface area contributed by atoms with Crippen LogP contribution in [0.5, 0.6) is 17.2 Å². The van der Waals surface area contributed by atoms with Crippen molar-refractivity contribution in [3.8, 4) is 17.2 Å². The van der Waals surface area contributed by atoms with E-state index in [0.717, 1.165) is 5.56 Å². The van der Waals surface area contributed by atoms with Crippen LogP contribution in [-0.4, -0.2) is 26.1 Å². The Morgan fingerprint density at radius 3 is 2.38 bits per heavy atom. The Labute approximate surface area is 142 Å². The van der Waals surface area contributed by atoms with E-state index in [1.807, 2.05) is 49.4 Å². The van der Waals surface area contributed by atoms with Gasteiger partial charge in [0.1, 0.15) is 19.0 Å². The van der Waals surface area contributed by atoms with Crippen LogP contribution in [0.1, 0.15) is 29.8 Å². The van der Waals surface area contributed by atoms with Gasteiger partial charge in [-0.25, -0.2) is 0 Å². The van der Waals surface area contributed by atoms with Crippen molar-refractivity contribution in [3.63, 3.8) is 0 Å². The van der Waals surface area contributed by atoms with Crippen molar-refractivity contribution in [1.82, 2.24) is 0 Å². The molecule has 0 spiro atoms. The highest BCUT2D eigenvalue weighted by atomic mass is 16.5. The fourth-order valence-electron chi connectivity index (χ4n) is 2.29. The molecule has 0 heterocycles. The molecule has 4 nitrogen and oxygen atoms in total. The Morgan fingerprint density at radius 2 is 1.71 bits per heavy atom. The van der Waals surface area contributed by atoms with Crippen LogP contribution in [0.15, 0.2) is 48.5 Å². The summed E-state index contributed by atoms with van der Waals surface area (Å²) in [5, 5.41) is 0. The lowest BCUT2D eigenvalue weighted by Crippen LogP contribution is -2.11. The summed E-state index contributed by atoms with van der Waals surface area (Å²) in [4.78, 5) is 11.6. The van der Waals surface area contributed by atoms with Crippen LogP contribution in [0.4, 0.5) is 0 Å². The van der Waals surface area contributed by atoms with Crippen molar-refractivity contribution in [2.45, 2.75) is 13.8 Å². The summed E-state index contributed by atoms with van der Waals surface area (Å²) in [7, 11) is 1.61. The fourth-order valence-corrected chi connectivity index (χ4v) is 2.29. The highest BCUT2D eigenvalue weighted by Crippen LogP contribution is 2.28. The highest BCUT2D eigenvalue weighted by Gasteiger charge is 2.08. The lowest BCUT2D eigenvalue weighted by molar-refractivity contribution is 0.101. The van der Waals surface area contributed by atoms with Gasteiger partial charge in [-0.2, -0.15) is 0 Å². The van der Waals surface area contributed by atoms with Crippen LogP contribution in [0.2, 0.25) is 0 Å². The molecule has 0 amide bonds. The van der Waals surface area contributed by atoms with Gasteiger partial charge in [0.15, 0.2) is 17.3 Å². The SMILES string of the molecule is C/C=C/c1ccc(OCCOc2ccccc2C(C)=O)c(OC)c1. The lowest BCUT2D eigenvalue weighted by atomic mass is 10.1. The minimum absolute atomic E-state index is 0.0206. The molecule has 0 aliphatic rings. The number of para-hydroxylation sites is 1. The standard InChI is InChI=1S/C20H22O4/c1-4-7-16-10-11-19(20(14-16)22-3)24-13-12-23-18-9-6-5-8-17(18)15(2)21/h4-11,14H,12-13H2,1-3H3/b7-4+. The average molecular weight is 326 g/mol. The number of Topliss-reactive ketones (excluding diaryl/α,β-unsaturated/α-hetero) is 1. The summed E-state index contributed by atoms with van der Waals surface area (Å²) in [5.41, 5.74) is 1.62. The van der Waals surface area contributed by atoms with E-state index in [1.165, 1.54) is 6.92 Å². The Kier molecular flexibility index (Phi) is 6.43. The van der Waals surface area contributed by atoms with Crippen molar-refractivity contribution < 1.29 is 19.0 Å². The van der Waals surface area contributed by atoms with Gasteiger partial charge in [-0.05, 0) is 43.7 Å². The molecule has 0 saturated heterocycles. The third kappa shape index (κ3) is 4.62. The van der Waals surface area contributed by atoms with Gasteiger partial charge in [0.05, 0.1) is 12.7 Å². The molecule has 0 aromatic heterocycles. The first-order valence-corrected chi connectivity index (χ1v) is 7.82. The first-order valence-electron chi connectivity index (χ1n) is 7.82. The average Bonchev–Trinajstić information content (AvgIpc) is 2.60. The highest BCUT2D eigenvalue weighted by molar-refractivity contribution is 5.96. The summed E-state index contributed by atoms with van der Waals surface area (Å²) >= 11 is 0. The van der Waals surface area contributed by atoms with Gasteiger partial charge >= 0.3 is 0 Å². The molecule has 0 unspecified atom stereocenters. The largest absolute Gasteiger partial charge is 0.493 e. The summed E-state index contributed by atoms with van der Waals surface area (Å²) in [6.45, 7) is 4.18. The second kappa shape index (κ2) is 8.77. The molecular formula is C20H22O4. The van der Waals surface area contributed by atoms with Gasteiger partial charge in [-0.15, -0.1) is 0 Å². The first kappa shape index (κ1) is 17.6. The third-order valence-electron chi connectivity index (χ3n) is 3.41. The zero-order valence-corrected chi connectivity index (χ0v) is 14.2. The molecular weight excluding hydrogens is 304 g/mol. The number of benzene rings is 2. The number of ether oxygens (including phenoxy) is 3. The molecule has 4 heteroatoms. The predicted molar refractivity (Wildman–Crippen MR) is 95.1 cm³/mol. The fraction of sp³-hybridized carbons (Fsp3) is 0.250. The molecule has 0 saturated carbocycles. The van der Waals surface area contributed by atoms with Crippen LogP contribution in [0.3, 0.4) is 0 Å². The summed E-state index contributed by atoms with van der Waals surface area (Å²) in [6.07, 6.45) is 3.96. The molecule has 126 valence electrons. The van der Waals surface area contributed by atoms with Gasteiger partial charge < -0.3 is 14.2 Å². The molecule has 0 radical (unpaired) electrons. The van der Waals surface area contributed by atoms with Gasteiger partial charge in [-0.1, -0.05) is 30.4 Å². The number of carbonyl (C=O) groups excluding carboxylic acids is 1. The molecule has 0 aliphatic heterocycles. The number of rotatable bonds is 8. The van der Waals surface area contributed by atoms with E-state index in [9.17, 15) is 4.79 Å². The van der Waals surface area contributed by atoms with E-state index in [1.54, 1.807) is 19.2 Å². The van der Waals surface area contributed by atoms with E-state index < -0.39 is 0 Å². The van der Waals surface area contributed by atoms with Crippen LogP contribution >= 0.6 is 0 Å². The maximum atomic E-state index is 11.6. The zero-order valence-electron chi connectivity index (χ0n) is 14.2. The summed E-state index contributed by atoms with van der Waals surface area (Å²) in [5.74, 6) is 1.89. The Bertz CT molecular complexity index is 719. The molecule has 0 fully saturated rings. The topological polar surface area (TPSA) is 44.8 Å². The second-order valence-corrected chi connectivity index (χ2v) is 5.16. The van der Waals surface area contributed by atoms with Gasteiger partial charge in [0.2, 0.25) is 0 Å². The van der Waals surface area contributed by atoms with Gasteiger partial charge in [0.25, 0.3) is 0 Å². The number of hydrogen-bond acceptors (Lipinski definition) is 4. The molecule has 0 bridgehead atoms. The molecule has 2 rings (SSSR count). The van der Waals surface area contributed by atoms with Crippen molar-refractivity contribution in [2.24, 2.45) is 0 Å². The molecule has 2 aromatic rings. The number of methoxy groups -OCH3 is 1. The van der Waals surface area contributed by atoms with Crippen LogP contribution in [0, 0.1) is 0 Å². The maximum absolute atomic E-state index is 11.6. The van der Waals surface area contributed by atoms with Crippen molar-refractivity contribution in [2.75, 3.05) is 20.3 Å².